The van der Waals surface area contributed by atoms with Gasteiger partial charge in [-0.05, 0) is 31.0 Å². The highest BCUT2D eigenvalue weighted by Gasteiger charge is 2.27. The highest BCUT2D eigenvalue weighted by Crippen LogP contribution is 2.22. The van der Waals surface area contributed by atoms with Crippen LogP contribution in [-0.2, 0) is 16.6 Å². The molecule has 0 atom stereocenters. The molecule has 1 fully saturated rings. The quantitative estimate of drug-likeness (QED) is 0.906. The summed E-state index contributed by atoms with van der Waals surface area (Å²) in [4.78, 5) is 0.182. The number of sulfonamides is 1. The van der Waals surface area contributed by atoms with Crippen molar-refractivity contribution in [2.24, 2.45) is 0 Å². The summed E-state index contributed by atoms with van der Waals surface area (Å²) in [5.74, 6) is -0.376. The molecule has 0 unspecified atom stereocenters. The molecule has 0 aliphatic carbocycles. The average Bonchev–Trinajstić information content (AvgIpc) is 2.92. The number of hydrogen-bond donors (Lipinski definition) is 1. The number of benzene rings is 1. The van der Waals surface area contributed by atoms with E-state index in [0.29, 0.717) is 25.2 Å². The molecule has 0 aromatic heterocycles. The van der Waals surface area contributed by atoms with Gasteiger partial charge in [0.2, 0.25) is 10.0 Å². The minimum atomic E-state index is -3.48. The second-order valence-electron chi connectivity index (χ2n) is 5.40. The molecular formula is C14H21FN2O2S. The molecule has 20 heavy (non-hydrogen) atoms. The molecule has 0 amide bonds. The number of nitrogens with zero attached hydrogens (tertiary/aromatic N) is 1. The summed E-state index contributed by atoms with van der Waals surface area (Å²) in [5, 5.41) is 3.10. The largest absolute Gasteiger partial charge is 0.310 e. The van der Waals surface area contributed by atoms with Crippen molar-refractivity contribution >= 4 is 10.0 Å². The molecule has 112 valence electrons. The lowest BCUT2D eigenvalue weighted by atomic mass is 10.2. The Bertz CT molecular complexity index is 567. The zero-order valence-electron chi connectivity index (χ0n) is 11.9. The number of nitrogens with one attached hydrogen (secondary N) is 1. The van der Waals surface area contributed by atoms with Crippen LogP contribution in [0.3, 0.4) is 0 Å². The van der Waals surface area contributed by atoms with Gasteiger partial charge in [0.15, 0.2) is 0 Å². The van der Waals surface area contributed by atoms with E-state index in [1.54, 1.807) is 0 Å². The van der Waals surface area contributed by atoms with E-state index in [1.165, 1.54) is 22.5 Å². The Hall–Kier alpha value is -0.980. The Balaban J connectivity index is 2.26. The maximum atomic E-state index is 13.7. The van der Waals surface area contributed by atoms with Gasteiger partial charge in [-0.25, -0.2) is 12.8 Å². The van der Waals surface area contributed by atoms with Crippen molar-refractivity contribution in [3.8, 4) is 0 Å². The predicted molar refractivity (Wildman–Crippen MR) is 76.4 cm³/mol. The van der Waals surface area contributed by atoms with Crippen LogP contribution in [0.2, 0.25) is 0 Å². The lowest BCUT2D eigenvalue weighted by Gasteiger charge is -2.16. The van der Waals surface area contributed by atoms with Gasteiger partial charge in [0.05, 0.1) is 4.90 Å². The van der Waals surface area contributed by atoms with E-state index in [0.717, 1.165) is 12.8 Å². The maximum absolute atomic E-state index is 13.7. The SMILES string of the molecule is CC(C)NCc1cc(S(=O)(=O)N2CCCC2)ccc1F. The average molecular weight is 300 g/mol. The monoisotopic (exact) mass is 300 g/mol. The third-order valence-electron chi connectivity index (χ3n) is 3.42. The molecule has 6 heteroatoms. The number of rotatable bonds is 5. The van der Waals surface area contributed by atoms with Crippen LogP contribution in [-0.4, -0.2) is 31.9 Å². The normalized spacial score (nSPS) is 17.0. The zero-order valence-corrected chi connectivity index (χ0v) is 12.7. The highest BCUT2D eigenvalue weighted by atomic mass is 32.2. The molecule has 1 saturated heterocycles. The summed E-state index contributed by atoms with van der Waals surface area (Å²) in [7, 11) is -3.48. The van der Waals surface area contributed by atoms with Gasteiger partial charge in [-0.1, -0.05) is 13.8 Å². The maximum Gasteiger partial charge on any atom is 0.243 e. The molecule has 0 spiro atoms. The van der Waals surface area contributed by atoms with E-state index < -0.39 is 10.0 Å². The lowest BCUT2D eigenvalue weighted by Crippen LogP contribution is -2.28. The zero-order chi connectivity index (χ0) is 14.8. The second-order valence-corrected chi connectivity index (χ2v) is 7.34. The van der Waals surface area contributed by atoms with Crippen molar-refractivity contribution < 1.29 is 12.8 Å². The lowest BCUT2D eigenvalue weighted by molar-refractivity contribution is 0.476. The van der Waals surface area contributed by atoms with Gasteiger partial charge in [-0.3, -0.25) is 0 Å². The molecule has 1 aliphatic rings. The summed E-state index contributed by atoms with van der Waals surface area (Å²) in [5.41, 5.74) is 0.388. The number of hydrogen-bond acceptors (Lipinski definition) is 3. The van der Waals surface area contributed by atoms with Crippen LogP contribution in [0.15, 0.2) is 23.1 Å². The first-order valence-electron chi connectivity index (χ1n) is 6.93. The summed E-state index contributed by atoms with van der Waals surface area (Å²) in [6.07, 6.45) is 1.78. The van der Waals surface area contributed by atoms with E-state index in [9.17, 15) is 12.8 Å². The van der Waals surface area contributed by atoms with Crippen molar-refractivity contribution in [1.82, 2.24) is 9.62 Å². The summed E-state index contributed by atoms with van der Waals surface area (Å²) >= 11 is 0. The fraction of sp³-hybridized carbons (Fsp3) is 0.571. The van der Waals surface area contributed by atoms with Crippen molar-refractivity contribution in [2.75, 3.05) is 13.1 Å². The summed E-state index contributed by atoms with van der Waals surface area (Å²) < 4.78 is 40.0. The van der Waals surface area contributed by atoms with Crippen molar-refractivity contribution in [1.29, 1.82) is 0 Å². The van der Waals surface area contributed by atoms with E-state index >= 15 is 0 Å². The smallest absolute Gasteiger partial charge is 0.243 e. The molecule has 0 bridgehead atoms. The Morgan fingerprint density at radius 1 is 1.30 bits per heavy atom. The van der Waals surface area contributed by atoms with E-state index in [-0.39, 0.29) is 16.8 Å². The molecule has 1 N–H and O–H groups in total. The van der Waals surface area contributed by atoms with Crippen LogP contribution < -0.4 is 5.32 Å². The molecule has 2 rings (SSSR count). The Labute approximate surface area is 120 Å². The van der Waals surface area contributed by atoms with Crippen molar-refractivity contribution in [3.05, 3.63) is 29.6 Å². The fourth-order valence-electron chi connectivity index (χ4n) is 2.24. The van der Waals surface area contributed by atoms with Gasteiger partial charge in [-0.15, -0.1) is 0 Å². The van der Waals surface area contributed by atoms with Crippen LogP contribution in [0.1, 0.15) is 32.3 Å². The van der Waals surface area contributed by atoms with E-state index in [2.05, 4.69) is 5.32 Å². The third kappa shape index (κ3) is 3.37. The molecule has 1 heterocycles. The first-order valence-corrected chi connectivity index (χ1v) is 8.37. The van der Waals surface area contributed by atoms with Crippen LogP contribution in [0.5, 0.6) is 0 Å². The third-order valence-corrected chi connectivity index (χ3v) is 5.32. The van der Waals surface area contributed by atoms with Crippen LogP contribution >= 0.6 is 0 Å². The molecule has 1 aliphatic heterocycles. The predicted octanol–water partition coefficient (Wildman–Crippen LogP) is 2.11. The molecule has 0 radical (unpaired) electrons. The van der Waals surface area contributed by atoms with Crippen LogP contribution in [0.25, 0.3) is 0 Å². The number of halogens is 1. The van der Waals surface area contributed by atoms with Crippen LogP contribution in [0.4, 0.5) is 4.39 Å². The first kappa shape index (κ1) is 15.4. The minimum Gasteiger partial charge on any atom is -0.310 e. The topological polar surface area (TPSA) is 49.4 Å². The molecule has 1 aromatic rings. The second kappa shape index (κ2) is 6.20. The van der Waals surface area contributed by atoms with E-state index in [4.69, 9.17) is 0 Å². The molecule has 1 aromatic carbocycles. The van der Waals surface area contributed by atoms with Gasteiger partial charge in [-0.2, -0.15) is 4.31 Å². The summed E-state index contributed by atoms with van der Waals surface area (Å²) in [6.45, 7) is 5.36. The molecule has 0 saturated carbocycles. The van der Waals surface area contributed by atoms with Gasteiger partial charge in [0, 0.05) is 31.2 Å². The first-order chi connectivity index (χ1) is 9.41. The van der Waals surface area contributed by atoms with Crippen LogP contribution in [0, 0.1) is 5.82 Å². The molecule has 4 nitrogen and oxygen atoms in total. The van der Waals surface area contributed by atoms with E-state index in [1.807, 2.05) is 13.8 Å². The minimum absolute atomic E-state index is 0.182. The van der Waals surface area contributed by atoms with Crippen molar-refractivity contribution in [2.45, 2.75) is 44.2 Å². The standard InChI is InChI=1S/C14H21FN2O2S/c1-11(2)16-10-12-9-13(5-6-14(12)15)20(18,19)17-7-3-4-8-17/h5-6,9,11,16H,3-4,7-8,10H2,1-2H3. The van der Waals surface area contributed by atoms with Crippen molar-refractivity contribution in [3.63, 3.8) is 0 Å². The Morgan fingerprint density at radius 3 is 2.55 bits per heavy atom. The van der Waals surface area contributed by atoms with Gasteiger partial charge in [0.25, 0.3) is 0 Å². The highest BCUT2D eigenvalue weighted by molar-refractivity contribution is 7.89. The Kier molecular flexibility index (Phi) is 4.78. The summed E-state index contributed by atoms with van der Waals surface area (Å²) in [6, 6.07) is 4.24. The van der Waals surface area contributed by atoms with Gasteiger partial charge in [0.1, 0.15) is 5.82 Å². The Morgan fingerprint density at radius 2 is 1.95 bits per heavy atom. The fourth-order valence-corrected chi connectivity index (χ4v) is 3.81. The molecular weight excluding hydrogens is 279 g/mol. The van der Waals surface area contributed by atoms with Gasteiger partial charge >= 0.3 is 0 Å². The van der Waals surface area contributed by atoms with Gasteiger partial charge < -0.3 is 5.32 Å².